The van der Waals surface area contributed by atoms with Crippen LogP contribution in [0, 0.1) is 0 Å². The number of amides is 2. The van der Waals surface area contributed by atoms with Gasteiger partial charge in [-0.15, -0.1) is 0 Å². The van der Waals surface area contributed by atoms with Crippen LogP contribution in [0.3, 0.4) is 0 Å². The molecule has 1 saturated heterocycles. The third kappa shape index (κ3) is 4.55. The maximum Gasteiger partial charge on any atom is 0.254 e. The predicted octanol–water partition coefficient (Wildman–Crippen LogP) is 1.77. The van der Waals surface area contributed by atoms with E-state index in [0.717, 1.165) is 43.7 Å². The Morgan fingerprint density at radius 3 is 2.53 bits per heavy atom. The molecule has 2 aromatic rings. The van der Waals surface area contributed by atoms with Crippen LogP contribution < -0.4 is 4.90 Å². The fourth-order valence-corrected chi connectivity index (χ4v) is 5.44. The molecule has 0 aliphatic carbocycles. The second-order valence-electron chi connectivity index (χ2n) is 9.98. The van der Waals surface area contributed by atoms with Crippen molar-refractivity contribution in [1.82, 2.24) is 14.7 Å². The lowest BCUT2D eigenvalue weighted by molar-refractivity contribution is -0.131. The second kappa shape index (κ2) is 9.39. The average molecular weight is 463 g/mol. The highest BCUT2D eigenvalue weighted by atomic mass is 16.3. The molecule has 5 rings (SSSR count). The Hall–Kier alpha value is -2.90. The number of benzene rings is 2. The van der Waals surface area contributed by atoms with Crippen molar-refractivity contribution in [1.29, 1.82) is 0 Å². The minimum absolute atomic E-state index is 0.0151. The zero-order valence-corrected chi connectivity index (χ0v) is 20.1. The molecule has 1 fully saturated rings. The van der Waals surface area contributed by atoms with Gasteiger partial charge in [-0.1, -0.05) is 24.3 Å². The third-order valence-corrected chi connectivity index (χ3v) is 7.60. The van der Waals surface area contributed by atoms with E-state index in [1.165, 1.54) is 11.1 Å². The van der Waals surface area contributed by atoms with Crippen molar-refractivity contribution in [3.8, 4) is 0 Å². The molecule has 34 heavy (non-hydrogen) atoms. The van der Waals surface area contributed by atoms with Crippen LogP contribution in [0.5, 0.6) is 0 Å². The minimum atomic E-state index is -0.576. The van der Waals surface area contributed by atoms with E-state index < -0.39 is 6.10 Å². The number of anilines is 1. The van der Waals surface area contributed by atoms with Gasteiger partial charge in [0.1, 0.15) is 0 Å². The van der Waals surface area contributed by atoms with Crippen LogP contribution >= 0.6 is 0 Å². The molecule has 3 aliphatic heterocycles. The Labute approximate surface area is 201 Å². The predicted molar refractivity (Wildman–Crippen MR) is 132 cm³/mol. The zero-order valence-electron chi connectivity index (χ0n) is 20.1. The maximum atomic E-state index is 13.2. The van der Waals surface area contributed by atoms with E-state index in [1.54, 1.807) is 9.80 Å². The summed E-state index contributed by atoms with van der Waals surface area (Å²) < 4.78 is 0. The smallest absolute Gasteiger partial charge is 0.254 e. The highest BCUT2D eigenvalue weighted by Crippen LogP contribution is 2.27. The quantitative estimate of drug-likeness (QED) is 0.734. The lowest BCUT2D eigenvalue weighted by Gasteiger charge is -2.39. The van der Waals surface area contributed by atoms with E-state index in [0.29, 0.717) is 31.7 Å². The van der Waals surface area contributed by atoms with Crippen LogP contribution in [0.2, 0.25) is 0 Å². The highest BCUT2D eigenvalue weighted by molar-refractivity contribution is 5.97. The molecule has 2 aromatic carbocycles. The van der Waals surface area contributed by atoms with Gasteiger partial charge in [0.15, 0.2) is 0 Å². The van der Waals surface area contributed by atoms with Gasteiger partial charge in [0.25, 0.3) is 5.91 Å². The first-order valence-corrected chi connectivity index (χ1v) is 12.3. The Kier molecular flexibility index (Phi) is 6.32. The van der Waals surface area contributed by atoms with E-state index in [9.17, 15) is 14.7 Å². The molecule has 0 bridgehead atoms. The number of carbonyl (C=O) groups is 2. The van der Waals surface area contributed by atoms with Crippen LogP contribution in [-0.2, 0) is 24.2 Å². The van der Waals surface area contributed by atoms with Gasteiger partial charge in [-0.05, 0) is 54.7 Å². The molecule has 7 heteroatoms. The first-order valence-electron chi connectivity index (χ1n) is 12.3. The number of β-amino-alcohol motifs (C(OH)–C–C–N with tert-alkyl or cyclic N) is 1. The van der Waals surface area contributed by atoms with Crippen LogP contribution in [0.1, 0.15) is 34.0 Å². The van der Waals surface area contributed by atoms with E-state index in [1.807, 2.05) is 19.2 Å². The summed E-state index contributed by atoms with van der Waals surface area (Å²) in [5.74, 6) is 0.101. The molecule has 3 heterocycles. The lowest BCUT2D eigenvalue weighted by Crippen LogP contribution is -2.53. The number of nitrogens with zero attached hydrogens (tertiary/aromatic N) is 4. The molecule has 0 saturated carbocycles. The van der Waals surface area contributed by atoms with Crippen LogP contribution in [0.15, 0.2) is 42.5 Å². The molecule has 0 spiro atoms. The molecule has 1 unspecified atom stereocenters. The van der Waals surface area contributed by atoms with Crippen molar-refractivity contribution < 1.29 is 14.7 Å². The fraction of sp³-hybridized carbons (Fsp3) is 0.481. The number of aliphatic hydroxyl groups is 1. The summed E-state index contributed by atoms with van der Waals surface area (Å²) in [6.45, 7) is 6.51. The molecule has 0 aromatic heterocycles. The Morgan fingerprint density at radius 2 is 1.74 bits per heavy atom. The van der Waals surface area contributed by atoms with Crippen molar-refractivity contribution in [2.45, 2.75) is 38.5 Å². The van der Waals surface area contributed by atoms with E-state index >= 15 is 0 Å². The van der Waals surface area contributed by atoms with Crippen LogP contribution in [0.25, 0.3) is 0 Å². The largest absolute Gasteiger partial charge is 0.390 e. The number of hydrogen-bond acceptors (Lipinski definition) is 5. The summed E-state index contributed by atoms with van der Waals surface area (Å²) in [4.78, 5) is 33.4. The van der Waals surface area contributed by atoms with Crippen molar-refractivity contribution in [3.05, 3.63) is 64.7 Å². The topological polar surface area (TPSA) is 67.3 Å². The first-order chi connectivity index (χ1) is 16.4. The monoisotopic (exact) mass is 462 g/mol. The Balaban J connectivity index is 1.20. The molecular weight excluding hydrogens is 428 g/mol. The van der Waals surface area contributed by atoms with Gasteiger partial charge in [0.2, 0.25) is 5.91 Å². The van der Waals surface area contributed by atoms with Gasteiger partial charge >= 0.3 is 0 Å². The van der Waals surface area contributed by atoms with Crippen molar-refractivity contribution in [2.24, 2.45) is 0 Å². The van der Waals surface area contributed by atoms with Gasteiger partial charge in [-0.2, -0.15) is 0 Å². The van der Waals surface area contributed by atoms with Gasteiger partial charge in [0, 0.05) is 63.6 Å². The zero-order chi connectivity index (χ0) is 23.8. The molecule has 1 N–H and O–H groups in total. The summed E-state index contributed by atoms with van der Waals surface area (Å²) in [6.07, 6.45) is 1.18. The summed E-state index contributed by atoms with van der Waals surface area (Å²) in [5, 5.41) is 10.8. The standard InChI is InChI=1S/C27H34N4O3/c1-19-14-31(18-26(33)28(19)2)23-7-8-25-21(13-23)10-12-30(27(25)34)17-24(32)16-29-11-9-20-5-3-4-6-22(20)15-29/h3-8,13,19,24,32H,9-12,14-18H2,1-2H3/t19?,24-/m1/s1. The van der Waals surface area contributed by atoms with Crippen LogP contribution in [0.4, 0.5) is 5.69 Å². The summed E-state index contributed by atoms with van der Waals surface area (Å²) in [5.41, 5.74) is 5.46. The van der Waals surface area contributed by atoms with Crippen LogP contribution in [-0.4, -0.2) is 90.1 Å². The van der Waals surface area contributed by atoms with Crippen molar-refractivity contribution in [3.63, 3.8) is 0 Å². The molecular formula is C27H34N4O3. The number of carbonyl (C=O) groups excluding carboxylic acids is 2. The number of rotatable bonds is 5. The van der Waals surface area contributed by atoms with Gasteiger partial charge in [-0.3, -0.25) is 14.5 Å². The number of piperazine rings is 1. The highest BCUT2D eigenvalue weighted by Gasteiger charge is 2.30. The number of hydrogen-bond donors (Lipinski definition) is 1. The number of aliphatic hydroxyl groups excluding tert-OH is 1. The van der Waals surface area contributed by atoms with Crippen molar-refractivity contribution >= 4 is 17.5 Å². The van der Waals surface area contributed by atoms with E-state index in [-0.39, 0.29) is 17.9 Å². The van der Waals surface area contributed by atoms with Crippen molar-refractivity contribution in [2.75, 3.05) is 51.2 Å². The van der Waals surface area contributed by atoms with Gasteiger partial charge in [-0.25, -0.2) is 0 Å². The van der Waals surface area contributed by atoms with Gasteiger partial charge < -0.3 is 19.8 Å². The number of fused-ring (bicyclic) bond motifs is 2. The Morgan fingerprint density at radius 1 is 0.971 bits per heavy atom. The SMILES string of the molecule is CC1CN(c2ccc3c(c2)CCN(C[C@H](O)CN2CCc4ccccc4C2)C3=O)CC(=O)N1C. The number of likely N-dealkylation sites (N-methyl/N-ethyl adjacent to an activating group) is 1. The normalized spacial score (nSPS) is 22.0. The summed E-state index contributed by atoms with van der Waals surface area (Å²) in [6, 6.07) is 14.6. The third-order valence-electron chi connectivity index (χ3n) is 7.60. The second-order valence-corrected chi connectivity index (χ2v) is 9.98. The molecule has 3 aliphatic rings. The average Bonchev–Trinajstić information content (AvgIpc) is 2.83. The minimum Gasteiger partial charge on any atom is -0.390 e. The Bertz CT molecular complexity index is 1090. The molecule has 7 nitrogen and oxygen atoms in total. The van der Waals surface area contributed by atoms with E-state index in [2.05, 4.69) is 47.1 Å². The van der Waals surface area contributed by atoms with Gasteiger partial charge in [0.05, 0.1) is 12.6 Å². The molecule has 180 valence electrons. The molecule has 2 atom stereocenters. The summed E-state index contributed by atoms with van der Waals surface area (Å²) in [7, 11) is 1.85. The first kappa shape index (κ1) is 22.9. The lowest BCUT2D eigenvalue weighted by atomic mass is 9.97. The molecule has 2 amide bonds. The molecule has 0 radical (unpaired) electrons. The van der Waals surface area contributed by atoms with E-state index in [4.69, 9.17) is 0 Å². The summed E-state index contributed by atoms with van der Waals surface area (Å²) >= 11 is 0. The maximum absolute atomic E-state index is 13.2. The fourth-order valence-electron chi connectivity index (χ4n) is 5.44.